The van der Waals surface area contributed by atoms with Gasteiger partial charge in [-0.2, -0.15) is 8.78 Å². The van der Waals surface area contributed by atoms with Gasteiger partial charge in [-0.1, -0.05) is 23.2 Å². The average molecular weight is 392 g/mol. The number of aromatic nitrogens is 1. The van der Waals surface area contributed by atoms with Crippen LogP contribution in [0.3, 0.4) is 0 Å². The number of alkyl halides is 2. The Morgan fingerprint density at radius 1 is 1.48 bits per heavy atom. The van der Waals surface area contributed by atoms with Crippen molar-refractivity contribution in [3.8, 4) is 0 Å². The normalized spacial score (nSPS) is 17.6. The van der Waals surface area contributed by atoms with Crippen molar-refractivity contribution in [3.63, 3.8) is 0 Å². The fourth-order valence-corrected chi connectivity index (χ4v) is 3.81. The van der Waals surface area contributed by atoms with Crippen molar-refractivity contribution >= 4 is 45.7 Å². The molecule has 2 heterocycles. The van der Waals surface area contributed by atoms with E-state index >= 15 is 0 Å². The number of halogens is 4. The maximum Gasteiger partial charge on any atom is 0.319 e. The van der Waals surface area contributed by atoms with E-state index in [0.29, 0.717) is 22.3 Å². The number of carbonyl (C=O) groups is 1. The number of anilines is 1. The lowest BCUT2D eigenvalue weighted by molar-refractivity contribution is -0.121. The van der Waals surface area contributed by atoms with E-state index in [-0.39, 0.29) is 47.6 Å². The Balaban J connectivity index is 2.44. The predicted octanol–water partition coefficient (Wildman–Crippen LogP) is 3.52. The first kappa shape index (κ1) is 18.2. The monoisotopic (exact) mass is 391 g/mol. The van der Waals surface area contributed by atoms with Crippen molar-refractivity contribution in [2.24, 2.45) is 0 Å². The largest absolute Gasteiger partial charge is 0.395 e. The van der Waals surface area contributed by atoms with Crippen LogP contribution >= 0.6 is 23.2 Å². The molecule has 3 rings (SSSR count). The molecule has 1 aliphatic rings. The first-order valence-corrected chi connectivity index (χ1v) is 8.59. The molecular weight excluding hydrogens is 375 g/mol. The minimum Gasteiger partial charge on any atom is -0.395 e. The van der Waals surface area contributed by atoms with Crippen molar-refractivity contribution in [1.29, 1.82) is 0 Å². The summed E-state index contributed by atoms with van der Waals surface area (Å²) < 4.78 is 28.6. The van der Waals surface area contributed by atoms with E-state index in [1.807, 2.05) is 0 Å². The third kappa shape index (κ3) is 2.94. The molecule has 0 bridgehead atoms. The second kappa shape index (κ2) is 6.97. The number of hydrogen-bond donors (Lipinski definition) is 3. The zero-order valence-electron chi connectivity index (χ0n) is 13.4. The zero-order valence-corrected chi connectivity index (χ0v) is 14.9. The molecule has 136 valence electrons. The molecule has 3 N–H and O–H groups in total. The number of fused-ring (bicyclic) bond motifs is 3. The number of hydrogen-bond acceptors (Lipinski definition) is 3. The Hall–Kier alpha value is -1.57. The van der Waals surface area contributed by atoms with Crippen LogP contribution in [0.2, 0.25) is 10.0 Å². The third-order valence-electron chi connectivity index (χ3n) is 4.42. The van der Waals surface area contributed by atoms with Crippen molar-refractivity contribution in [2.45, 2.75) is 25.8 Å². The fourth-order valence-electron chi connectivity index (χ4n) is 3.38. The van der Waals surface area contributed by atoms with Gasteiger partial charge in [0.05, 0.1) is 28.1 Å². The lowest BCUT2D eigenvalue weighted by Crippen LogP contribution is -2.27. The van der Waals surface area contributed by atoms with Crippen LogP contribution in [0.4, 0.5) is 14.5 Å². The number of aliphatic hydroxyl groups excluding tert-OH is 1. The minimum absolute atomic E-state index is 0.0206. The summed E-state index contributed by atoms with van der Waals surface area (Å²) in [6.45, 7) is -0.817. The van der Waals surface area contributed by atoms with Gasteiger partial charge in [0.2, 0.25) is 5.91 Å². The molecule has 1 aliphatic heterocycles. The highest BCUT2D eigenvalue weighted by Crippen LogP contribution is 2.45. The highest BCUT2D eigenvalue weighted by atomic mass is 35.5. The van der Waals surface area contributed by atoms with E-state index in [9.17, 15) is 13.6 Å². The van der Waals surface area contributed by atoms with Crippen LogP contribution in [0, 0.1) is 0 Å². The first-order valence-electron chi connectivity index (χ1n) is 7.83. The number of carbonyl (C=O) groups excluding carboxylic acids is 1. The summed E-state index contributed by atoms with van der Waals surface area (Å²) in [5.41, 5.74) is 1.46. The van der Waals surface area contributed by atoms with Crippen LogP contribution < -0.4 is 10.6 Å². The number of aliphatic hydroxyl groups is 1. The molecule has 0 unspecified atom stereocenters. The van der Waals surface area contributed by atoms with Gasteiger partial charge in [0.15, 0.2) is 0 Å². The van der Waals surface area contributed by atoms with Crippen LogP contribution in [-0.4, -0.2) is 35.3 Å². The molecule has 5 nitrogen and oxygen atoms in total. The summed E-state index contributed by atoms with van der Waals surface area (Å²) in [5.74, 6) is -0.849. The van der Waals surface area contributed by atoms with E-state index in [4.69, 9.17) is 28.3 Å². The van der Waals surface area contributed by atoms with E-state index in [2.05, 4.69) is 10.6 Å². The van der Waals surface area contributed by atoms with Gasteiger partial charge in [-0.3, -0.25) is 9.36 Å². The Bertz CT molecular complexity index is 839. The molecule has 1 aromatic carbocycles. The SMILES string of the molecule is C[C@H]1C(=O)NCCc2c1c1c(NCCO)cc(Cl)c(Cl)c1n2C(F)F. The third-order valence-corrected chi connectivity index (χ3v) is 5.19. The van der Waals surface area contributed by atoms with Gasteiger partial charge in [-0.15, -0.1) is 0 Å². The Morgan fingerprint density at radius 2 is 2.20 bits per heavy atom. The minimum atomic E-state index is -2.83. The molecule has 0 spiro atoms. The van der Waals surface area contributed by atoms with Crippen LogP contribution in [0.15, 0.2) is 6.07 Å². The molecule has 1 atom stereocenters. The number of amides is 1. The molecule has 1 amide bonds. The zero-order chi connectivity index (χ0) is 18.3. The van der Waals surface area contributed by atoms with Gasteiger partial charge in [0.1, 0.15) is 0 Å². The Kier molecular flexibility index (Phi) is 5.09. The van der Waals surface area contributed by atoms with Crippen molar-refractivity contribution in [1.82, 2.24) is 9.88 Å². The van der Waals surface area contributed by atoms with Gasteiger partial charge in [-0.25, -0.2) is 0 Å². The predicted molar refractivity (Wildman–Crippen MR) is 93.9 cm³/mol. The summed E-state index contributed by atoms with van der Waals surface area (Å²) in [6, 6.07) is 1.54. The van der Waals surface area contributed by atoms with E-state index in [0.717, 1.165) is 4.57 Å². The van der Waals surface area contributed by atoms with Crippen molar-refractivity contribution < 1.29 is 18.7 Å². The first-order chi connectivity index (χ1) is 11.9. The molecule has 0 fully saturated rings. The molecular formula is C16H17Cl2F2N3O2. The highest BCUT2D eigenvalue weighted by Gasteiger charge is 2.33. The fraction of sp³-hybridized carbons (Fsp3) is 0.438. The van der Waals surface area contributed by atoms with Crippen LogP contribution in [-0.2, 0) is 11.2 Å². The summed E-state index contributed by atoms with van der Waals surface area (Å²) in [4.78, 5) is 12.2. The number of nitrogens with zero attached hydrogens (tertiary/aromatic N) is 1. The summed E-state index contributed by atoms with van der Waals surface area (Å²) in [6.07, 6.45) is 0.262. The molecule has 2 aromatic rings. The molecule has 0 saturated heterocycles. The topological polar surface area (TPSA) is 66.3 Å². The van der Waals surface area contributed by atoms with Gasteiger partial charge in [-0.05, 0) is 18.6 Å². The number of benzene rings is 1. The van der Waals surface area contributed by atoms with Gasteiger partial charge in [0, 0.05) is 36.3 Å². The lowest BCUT2D eigenvalue weighted by atomic mass is 9.96. The summed E-state index contributed by atoms with van der Waals surface area (Å²) in [7, 11) is 0. The quantitative estimate of drug-likeness (QED) is 0.746. The standard InChI is InChI=1S/C16H17Cl2F2N3O2/c1-7-11-10(2-3-22-15(7)25)23(16(19)20)14-12(11)9(21-4-5-24)6-8(17)13(14)18/h6-7,16,21,24H,2-5H2,1H3,(H,22,25)/t7-/m1/s1. The van der Waals surface area contributed by atoms with Crippen molar-refractivity contribution in [2.75, 3.05) is 25.0 Å². The van der Waals surface area contributed by atoms with Crippen LogP contribution in [0.25, 0.3) is 10.9 Å². The number of rotatable bonds is 4. The number of nitrogens with one attached hydrogen (secondary N) is 2. The van der Waals surface area contributed by atoms with E-state index < -0.39 is 12.5 Å². The summed E-state index contributed by atoms with van der Waals surface area (Å²) in [5, 5.41) is 15.4. The Morgan fingerprint density at radius 3 is 2.84 bits per heavy atom. The van der Waals surface area contributed by atoms with Gasteiger partial charge in [0.25, 0.3) is 0 Å². The van der Waals surface area contributed by atoms with E-state index in [1.165, 1.54) is 6.07 Å². The molecule has 0 radical (unpaired) electrons. The Labute approximate surface area is 152 Å². The molecule has 9 heteroatoms. The summed E-state index contributed by atoms with van der Waals surface area (Å²) >= 11 is 12.4. The van der Waals surface area contributed by atoms with Crippen LogP contribution in [0.5, 0.6) is 0 Å². The van der Waals surface area contributed by atoms with Gasteiger partial charge >= 0.3 is 6.55 Å². The lowest BCUT2D eigenvalue weighted by Gasteiger charge is -2.14. The van der Waals surface area contributed by atoms with Crippen molar-refractivity contribution in [3.05, 3.63) is 27.4 Å². The molecule has 0 aliphatic carbocycles. The maximum absolute atomic E-state index is 13.9. The average Bonchev–Trinajstić information content (AvgIpc) is 2.84. The van der Waals surface area contributed by atoms with Crippen LogP contribution in [0.1, 0.15) is 30.6 Å². The second-order valence-corrected chi connectivity index (χ2v) is 6.65. The smallest absolute Gasteiger partial charge is 0.319 e. The maximum atomic E-state index is 13.9. The second-order valence-electron chi connectivity index (χ2n) is 5.86. The molecule has 0 saturated carbocycles. The van der Waals surface area contributed by atoms with E-state index in [1.54, 1.807) is 6.92 Å². The molecule has 1 aromatic heterocycles. The highest BCUT2D eigenvalue weighted by molar-refractivity contribution is 6.45. The molecule has 25 heavy (non-hydrogen) atoms. The van der Waals surface area contributed by atoms with Gasteiger partial charge < -0.3 is 15.7 Å².